The zero-order valence-electron chi connectivity index (χ0n) is 17.6. The van der Waals surface area contributed by atoms with Gasteiger partial charge in [0.1, 0.15) is 0 Å². The Hall–Kier alpha value is -1.32. The molecule has 1 atom stereocenters. The Kier molecular flexibility index (Phi) is 8.57. The van der Waals surface area contributed by atoms with E-state index in [-0.39, 0.29) is 29.9 Å². The van der Waals surface area contributed by atoms with E-state index in [4.69, 9.17) is 5.10 Å². The fourth-order valence-corrected chi connectivity index (χ4v) is 3.98. The molecule has 1 aromatic heterocycles. The van der Waals surface area contributed by atoms with Crippen LogP contribution in [0.2, 0.25) is 0 Å². The normalized spacial score (nSPS) is 20.5. The summed E-state index contributed by atoms with van der Waals surface area (Å²) in [5.41, 5.74) is 2.61. The van der Waals surface area contributed by atoms with E-state index in [0.29, 0.717) is 18.0 Å². The highest BCUT2D eigenvalue weighted by Crippen LogP contribution is 2.22. The number of fused-ring (bicyclic) bond motifs is 1. The fraction of sp³-hybridized carbons (Fsp3) is 0.750. The molecular weight excluding hydrogens is 467 g/mol. The molecule has 1 aliphatic carbocycles. The summed E-state index contributed by atoms with van der Waals surface area (Å²) in [4.78, 5) is 17.8. The Balaban J connectivity index is 0.00000280. The van der Waals surface area contributed by atoms with Crippen LogP contribution in [0.15, 0.2) is 11.2 Å². The van der Waals surface area contributed by atoms with Crippen molar-refractivity contribution in [2.24, 2.45) is 10.9 Å². The summed E-state index contributed by atoms with van der Waals surface area (Å²) >= 11 is 0. The van der Waals surface area contributed by atoms with E-state index in [1.165, 1.54) is 11.3 Å². The highest BCUT2D eigenvalue weighted by atomic mass is 127. The van der Waals surface area contributed by atoms with Gasteiger partial charge in [-0.3, -0.25) is 14.5 Å². The Bertz CT molecular complexity index is 678. The molecule has 0 spiro atoms. The molecule has 0 radical (unpaired) electrons. The molecule has 2 N–H and O–H groups in total. The lowest BCUT2D eigenvalue weighted by Crippen LogP contribution is -2.48. The number of aromatic nitrogens is 2. The monoisotopic (exact) mass is 502 g/mol. The minimum atomic E-state index is 0. The molecule has 1 fully saturated rings. The van der Waals surface area contributed by atoms with Crippen LogP contribution in [0.3, 0.4) is 0 Å². The van der Waals surface area contributed by atoms with Crippen LogP contribution in [0.4, 0.5) is 0 Å². The number of guanidine groups is 1. The Morgan fingerprint density at radius 3 is 2.64 bits per heavy atom. The van der Waals surface area contributed by atoms with Gasteiger partial charge in [0, 0.05) is 58.3 Å². The van der Waals surface area contributed by atoms with E-state index >= 15 is 0 Å². The summed E-state index contributed by atoms with van der Waals surface area (Å²) in [5, 5.41) is 11.8. The van der Waals surface area contributed by atoms with Crippen molar-refractivity contribution >= 4 is 35.8 Å². The predicted molar refractivity (Wildman–Crippen MR) is 123 cm³/mol. The lowest BCUT2D eigenvalue weighted by Gasteiger charge is -2.32. The molecule has 0 aromatic carbocycles. The van der Waals surface area contributed by atoms with Crippen molar-refractivity contribution in [1.82, 2.24) is 25.3 Å². The molecule has 1 aliphatic heterocycles. The minimum Gasteiger partial charge on any atom is -0.356 e. The van der Waals surface area contributed by atoms with Crippen LogP contribution in [0, 0.1) is 5.92 Å². The quantitative estimate of drug-likeness (QED) is 0.377. The van der Waals surface area contributed by atoms with Crippen LogP contribution < -0.4 is 10.6 Å². The van der Waals surface area contributed by atoms with Gasteiger partial charge in [-0.2, -0.15) is 5.10 Å². The van der Waals surface area contributed by atoms with E-state index in [0.717, 1.165) is 57.7 Å². The molecular formula is C20H35IN6O. The first-order valence-electron chi connectivity index (χ1n) is 10.3. The van der Waals surface area contributed by atoms with Gasteiger partial charge in [-0.15, -0.1) is 24.0 Å². The zero-order chi connectivity index (χ0) is 19.4. The summed E-state index contributed by atoms with van der Waals surface area (Å²) in [6.07, 6.45) is 7.45. The average molecular weight is 502 g/mol. The van der Waals surface area contributed by atoms with Gasteiger partial charge in [0.25, 0.3) is 0 Å². The molecule has 2 aliphatic rings. The third-order valence-corrected chi connectivity index (χ3v) is 5.81. The summed E-state index contributed by atoms with van der Waals surface area (Å²) in [7, 11) is 1.83. The lowest BCUT2D eigenvalue weighted by atomic mass is 9.94. The molecule has 0 bridgehead atoms. The van der Waals surface area contributed by atoms with Gasteiger partial charge < -0.3 is 15.5 Å². The van der Waals surface area contributed by atoms with Gasteiger partial charge in [0.05, 0.1) is 5.69 Å². The highest BCUT2D eigenvalue weighted by Gasteiger charge is 2.24. The maximum Gasteiger partial charge on any atom is 0.219 e. The molecule has 7 nitrogen and oxygen atoms in total. The first-order chi connectivity index (χ1) is 13.0. The Morgan fingerprint density at radius 2 is 2.04 bits per heavy atom. The molecule has 3 rings (SSSR count). The predicted octanol–water partition coefficient (Wildman–Crippen LogP) is 2.36. The van der Waals surface area contributed by atoms with Crippen molar-refractivity contribution in [3.63, 3.8) is 0 Å². The van der Waals surface area contributed by atoms with Gasteiger partial charge >= 0.3 is 0 Å². The minimum absolute atomic E-state index is 0. The first kappa shape index (κ1) is 23.0. The number of aryl methyl sites for hydroxylation is 1. The number of nitrogens with zero attached hydrogens (tertiary/aromatic N) is 4. The van der Waals surface area contributed by atoms with Crippen molar-refractivity contribution < 1.29 is 4.79 Å². The number of likely N-dealkylation sites (tertiary alicyclic amines) is 1. The van der Waals surface area contributed by atoms with Crippen molar-refractivity contribution in [3.8, 4) is 0 Å². The molecule has 1 aromatic rings. The van der Waals surface area contributed by atoms with E-state index in [9.17, 15) is 4.79 Å². The molecule has 1 saturated heterocycles. The molecule has 2 heterocycles. The highest BCUT2D eigenvalue weighted by molar-refractivity contribution is 14.0. The van der Waals surface area contributed by atoms with Crippen LogP contribution in [-0.4, -0.2) is 59.3 Å². The van der Waals surface area contributed by atoms with E-state index in [1.54, 1.807) is 6.92 Å². The standard InChI is InChI=1S/C20H34N6O.HI/c1-14(2)26-13-17-5-6-18(11-19(17)24-26)23-20(21-4)22-12-16-7-9-25(10-8-16)15(3)27;/h13-14,16,18H,5-12H2,1-4H3,(H2,21,22,23);1H. The third kappa shape index (κ3) is 5.84. The fourth-order valence-electron chi connectivity index (χ4n) is 3.98. The van der Waals surface area contributed by atoms with E-state index in [2.05, 4.69) is 40.4 Å². The van der Waals surface area contributed by atoms with E-state index < -0.39 is 0 Å². The molecule has 158 valence electrons. The number of rotatable bonds is 4. The number of carbonyl (C=O) groups excluding carboxylic acids is 1. The largest absolute Gasteiger partial charge is 0.356 e. The summed E-state index contributed by atoms with van der Waals surface area (Å²) < 4.78 is 2.08. The number of aliphatic imine (C=N–C) groups is 1. The van der Waals surface area contributed by atoms with Crippen LogP contribution in [0.1, 0.15) is 57.3 Å². The van der Waals surface area contributed by atoms with Gasteiger partial charge in [-0.05, 0) is 51.0 Å². The molecule has 1 amide bonds. The van der Waals surface area contributed by atoms with Crippen molar-refractivity contribution in [2.45, 2.75) is 65.0 Å². The van der Waals surface area contributed by atoms with Crippen molar-refractivity contribution in [3.05, 3.63) is 17.5 Å². The number of nitrogens with one attached hydrogen (secondary N) is 2. The summed E-state index contributed by atoms with van der Waals surface area (Å²) in [5.74, 6) is 1.66. The Labute approximate surface area is 185 Å². The number of hydrogen-bond donors (Lipinski definition) is 2. The third-order valence-electron chi connectivity index (χ3n) is 5.81. The lowest BCUT2D eigenvalue weighted by molar-refractivity contribution is -0.130. The maximum absolute atomic E-state index is 11.4. The van der Waals surface area contributed by atoms with Crippen molar-refractivity contribution in [2.75, 3.05) is 26.7 Å². The number of piperidine rings is 1. The SMILES string of the molecule is CN=C(NCC1CCN(C(C)=O)CC1)NC1CCc2cn(C(C)C)nc2C1.I. The smallest absolute Gasteiger partial charge is 0.219 e. The number of hydrogen-bond acceptors (Lipinski definition) is 3. The second-order valence-corrected chi connectivity index (χ2v) is 8.16. The number of carbonyl (C=O) groups is 1. The van der Waals surface area contributed by atoms with Crippen molar-refractivity contribution in [1.29, 1.82) is 0 Å². The number of amides is 1. The summed E-state index contributed by atoms with van der Waals surface area (Å²) in [6.45, 7) is 8.65. The molecule has 1 unspecified atom stereocenters. The molecule has 28 heavy (non-hydrogen) atoms. The van der Waals surface area contributed by atoms with Crippen LogP contribution in [0.25, 0.3) is 0 Å². The first-order valence-corrected chi connectivity index (χ1v) is 10.3. The molecule has 8 heteroatoms. The zero-order valence-corrected chi connectivity index (χ0v) is 19.9. The van der Waals surface area contributed by atoms with Gasteiger partial charge in [0.2, 0.25) is 5.91 Å². The van der Waals surface area contributed by atoms with Crippen LogP contribution in [-0.2, 0) is 17.6 Å². The average Bonchev–Trinajstić information content (AvgIpc) is 3.09. The van der Waals surface area contributed by atoms with Crippen LogP contribution >= 0.6 is 24.0 Å². The second-order valence-electron chi connectivity index (χ2n) is 8.16. The number of halogens is 1. The van der Waals surface area contributed by atoms with Gasteiger partial charge in [-0.1, -0.05) is 0 Å². The second kappa shape index (κ2) is 10.5. The summed E-state index contributed by atoms with van der Waals surface area (Å²) in [6, 6.07) is 0.782. The molecule has 0 saturated carbocycles. The van der Waals surface area contributed by atoms with E-state index in [1.807, 2.05) is 11.9 Å². The Morgan fingerprint density at radius 1 is 1.32 bits per heavy atom. The van der Waals surface area contributed by atoms with Crippen LogP contribution in [0.5, 0.6) is 0 Å². The topological polar surface area (TPSA) is 74.6 Å². The van der Waals surface area contributed by atoms with Gasteiger partial charge in [-0.25, -0.2) is 0 Å². The van der Waals surface area contributed by atoms with Gasteiger partial charge in [0.15, 0.2) is 5.96 Å². The maximum atomic E-state index is 11.4.